The van der Waals surface area contributed by atoms with Gasteiger partial charge in [0.25, 0.3) is 0 Å². The highest BCUT2D eigenvalue weighted by atomic mass is 79.9. The van der Waals surface area contributed by atoms with Crippen molar-refractivity contribution in [2.24, 2.45) is 0 Å². The second-order valence-corrected chi connectivity index (χ2v) is 8.02. The highest BCUT2D eigenvalue weighted by Crippen LogP contribution is 2.39. The van der Waals surface area contributed by atoms with Gasteiger partial charge < -0.3 is 10.1 Å². The first-order valence-electron chi connectivity index (χ1n) is 8.35. The molecule has 0 spiro atoms. The van der Waals surface area contributed by atoms with Crippen LogP contribution in [0.1, 0.15) is 10.6 Å². The van der Waals surface area contributed by atoms with E-state index in [9.17, 15) is 10.1 Å². The number of hydrogen-bond acceptors (Lipinski definition) is 9. The van der Waals surface area contributed by atoms with E-state index in [1.807, 2.05) is 19.9 Å². The van der Waals surface area contributed by atoms with Crippen LogP contribution in [0.3, 0.4) is 0 Å². The predicted octanol–water partition coefficient (Wildman–Crippen LogP) is 5.30. The third-order valence-corrected chi connectivity index (χ3v) is 5.79. The van der Waals surface area contributed by atoms with Crippen molar-refractivity contribution in [2.75, 3.05) is 5.32 Å². The summed E-state index contributed by atoms with van der Waals surface area (Å²) in [5, 5.41) is 16.0. The van der Waals surface area contributed by atoms with Gasteiger partial charge in [-0.2, -0.15) is 4.98 Å². The standard InChI is InChI=1S/C18H13BrN6O3S/c1-9-10(2)29-18(23-9)24-16-15(25(26)27)17(22-8-21-16)28-13-6-5-12(19)11-4-3-7-20-14(11)13/h3-8H,1-2H3,(H,21,22,23,24). The van der Waals surface area contributed by atoms with Crippen LogP contribution in [0.15, 0.2) is 41.3 Å². The van der Waals surface area contributed by atoms with Gasteiger partial charge in [0.1, 0.15) is 11.8 Å². The molecule has 0 saturated carbocycles. The van der Waals surface area contributed by atoms with Crippen LogP contribution in [0, 0.1) is 24.0 Å². The minimum Gasteiger partial charge on any atom is -0.431 e. The molecule has 11 heteroatoms. The molecule has 29 heavy (non-hydrogen) atoms. The number of anilines is 2. The van der Waals surface area contributed by atoms with Gasteiger partial charge in [0.05, 0.1) is 10.6 Å². The maximum absolute atomic E-state index is 11.8. The van der Waals surface area contributed by atoms with E-state index in [0.717, 1.165) is 20.4 Å². The number of nitrogens with zero attached hydrogens (tertiary/aromatic N) is 5. The van der Waals surface area contributed by atoms with E-state index < -0.39 is 4.92 Å². The lowest BCUT2D eigenvalue weighted by Gasteiger charge is -2.10. The van der Waals surface area contributed by atoms with Crippen molar-refractivity contribution in [1.82, 2.24) is 19.9 Å². The fourth-order valence-electron chi connectivity index (χ4n) is 2.62. The SMILES string of the molecule is Cc1nc(Nc2ncnc(Oc3ccc(Br)c4cccnc34)c2[N+](=O)[O-])sc1C. The summed E-state index contributed by atoms with van der Waals surface area (Å²) >= 11 is 4.85. The summed E-state index contributed by atoms with van der Waals surface area (Å²) in [6.07, 6.45) is 2.82. The summed E-state index contributed by atoms with van der Waals surface area (Å²) < 4.78 is 6.65. The summed E-state index contributed by atoms with van der Waals surface area (Å²) in [6, 6.07) is 7.12. The van der Waals surface area contributed by atoms with Gasteiger partial charge in [0.15, 0.2) is 10.9 Å². The van der Waals surface area contributed by atoms with E-state index in [-0.39, 0.29) is 17.4 Å². The van der Waals surface area contributed by atoms with Gasteiger partial charge in [-0.15, -0.1) is 11.3 Å². The lowest BCUT2D eigenvalue weighted by Crippen LogP contribution is -2.03. The van der Waals surface area contributed by atoms with E-state index in [1.54, 1.807) is 24.4 Å². The number of thiazole rings is 1. The van der Waals surface area contributed by atoms with E-state index >= 15 is 0 Å². The third kappa shape index (κ3) is 3.74. The predicted molar refractivity (Wildman–Crippen MR) is 113 cm³/mol. The van der Waals surface area contributed by atoms with E-state index in [2.05, 4.69) is 41.2 Å². The Kier molecular flexibility index (Phi) is 5.07. The Morgan fingerprint density at radius 3 is 2.76 bits per heavy atom. The number of hydrogen-bond donors (Lipinski definition) is 1. The van der Waals surface area contributed by atoms with Gasteiger partial charge >= 0.3 is 11.6 Å². The first-order chi connectivity index (χ1) is 13.9. The molecule has 0 unspecified atom stereocenters. The molecule has 3 aromatic heterocycles. The Hall–Kier alpha value is -3.18. The first-order valence-corrected chi connectivity index (χ1v) is 9.96. The zero-order valence-electron chi connectivity index (χ0n) is 15.2. The van der Waals surface area contributed by atoms with Crippen LogP contribution in [0.4, 0.5) is 16.6 Å². The number of aryl methyl sites for hydroxylation is 2. The van der Waals surface area contributed by atoms with Crippen molar-refractivity contribution >= 4 is 54.8 Å². The number of nitrogens with one attached hydrogen (secondary N) is 1. The lowest BCUT2D eigenvalue weighted by molar-refractivity contribution is -0.385. The van der Waals surface area contributed by atoms with Crippen molar-refractivity contribution < 1.29 is 9.66 Å². The Labute approximate surface area is 177 Å². The van der Waals surface area contributed by atoms with E-state index in [4.69, 9.17) is 4.74 Å². The molecular formula is C18H13BrN6O3S. The molecule has 9 nitrogen and oxygen atoms in total. The van der Waals surface area contributed by atoms with Crippen LogP contribution in [0.2, 0.25) is 0 Å². The van der Waals surface area contributed by atoms with E-state index in [1.165, 1.54) is 17.7 Å². The molecule has 4 rings (SSSR count). The normalized spacial score (nSPS) is 10.9. The number of ether oxygens (including phenoxy) is 1. The van der Waals surface area contributed by atoms with Crippen LogP contribution >= 0.6 is 27.3 Å². The second kappa shape index (κ2) is 7.68. The Bertz CT molecular complexity index is 1230. The highest BCUT2D eigenvalue weighted by Gasteiger charge is 2.26. The molecule has 0 amide bonds. The van der Waals surface area contributed by atoms with Gasteiger partial charge in [-0.3, -0.25) is 15.1 Å². The Balaban J connectivity index is 1.77. The fourth-order valence-corrected chi connectivity index (χ4v) is 3.89. The van der Waals surface area contributed by atoms with Gasteiger partial charge in [0.2, 0.25) is 5.82 Å². The average molecular weight is 473 g/mol. The number of benzene rings is 1. The van der Waals surface area contributed by atoms with E-state index in [0.29, 0.717) is 16.4 Å². The fraction of sp³-hybridized carbons (Fsp3) is 0.111. The zero-order chi connectivity index (χ0) is 20.5. The molecule has 0 aliphatic rings. The van der Waals surface area contributed by atoms with Gasteiger partial charge in [-0.25, -0.2) is 9.97 Å². The smallest absolute Gasteiger partial charge is 0.373 e. The minimum absolute atomic E-state index is 0.00289. The molecule has 0 aliphatic carbocycles. The van der Waals surface area contributed by atoms with Gasteiger partial charge in [-0.1, -0.05) is 22.0 Å². The second-order valence-electron chi connectivity index (χ2n) is 5.97. The molecule has 0 aliphatic heterocycles. The van der Waals surface area contributed by atoms with Crippen LogP contribution < -0.4 is 10.1 Å². The molecule has 1 N–H and O–H groups in total. The summed E-state index contributed by atoms with van der Waals surface area (Å²) in [4.78, 5) is 28.9. The lowest BCUT2D eigenvalue weighted by atomic mass is 10.2. The number of aromatic nitrogens is 4. The zero-order valence-corrected chi connectivity index (χ0v) is 17.6. The molecule has 1 aromatic carbocycles. The van der Waals surface area contributed by atoms with Gasteiger partial charge in [0, 0.05) is 20.9 Å². The monoisotopic (exact) mass is 472 g/mol. The summed E-state index contributed by atoms with van der Waals surface area (Å²) in [7, 11) is 0. The minimum atomic E-state index is -0.584. The molecule has 0 saturated heterocycles. The highest BCUT2D eigenvalue weighted by molar-refractivity contribution is 9.10. The summed E-state index contributed by atoms with van der Waals surface area (Å²) in [5.41, 5.74) is 1.01. The topological polar surface area (TPSA) is 116 Å². The number of fused-ring (bicyclic) bond motifs is 1. The Morgan fingerprint density at radius 1 is 1.21 bits per heavy atom. The van der Waals surface area contributed by atoms with Crippen LogP contribution in [-0.2, 0) is 0 Å². The maximum atomic E-state index is 11.8. The maximum Gasteiger partial charge on any atom is 0.373 e. The van der Waals surface area contributed by atoms with Crippen molar-refractivity contribution in [3.05, 3.63) is 61.9 Å². The molecule has 4 aromatic rings. The average Bonchev–Trinajstić information content (AvgIpc) is 3.01. The van der Waals surface area contributed by atoms with Crippen LogP contribution in [-0.4, -0.2) is 24.9 Å². The molecule has 146 valence electrons. The molecule has 3 heterocycles. The largest absolute Gasteiger partial charge is 0.431 e. The third-order valence-electron chi connectivity index (χ3n) is 4.11. The first kappa shape index (κ1) is 19.2. The van der Waals surface area contributed by atoms with Crippen LogP contribution in [0.5, 0.6) is 11.6 Å². The quantitative estimate of drug-likeness (QED) is 0.307. The van der Waals surface area contributed by atoms with Crippen molar-refractivity contribution in [3.8, 4) is 11.6 Å². The van der Waals surface area contributed by atoms with Gasteiger partial charge in [-0.05, 0) is 32.0 Å². The Morgan fingerprint density at radius 2 is 2.03 bits per heavy atom. The number of nitro groups is 1. The van der Waals surface area contributed by atoms with Crippen molar-refractivity contribution in [1.29, 1.82) is 0 Å². The van der Waals surface area contributed by atoms with Crippen molar-refractivity contribution in [2.45, 2.75) is 13.8 Å². The summed E-state index contributed by atoms with van der Waals surface area (Å²) in [6.45, 7) is 3.79. The molecule has 0 fully saturated rings. The number of halogens is 1. The van der Waals surface area contributed by atoms with Crippen molar-refractivity contribution in [3.63, 3.8) is 0 Å². The summed E-state index contributed by atoms with van der Waals surface area (Å²) in [5.74, 6) is 0.160. The molecule has 0 bridgehead atoms. The molecule has 0 atom stereocenters. The molecular weight excluding hydrogens is 460 g/mol. The van der Waals surface area contributed by atoms with Crippen LogP contribution in [0.25, 0.3) is 10.9 Å². The number of pyridine rings is 1. The number of rotatable bonds is 5. The molecule has 0 radical (unpaired) electrons.